The van der Waals surface area contributed by atoms with Crippen LogP contribution in [-0.4, -0.2) is 6.17 Å². The Hall–Kier alpha value is -0.920. The molecular weight excluding hydrogens is 160 g/mol. The van der Waals surface area contributed by atoms with Gasteiger partial charge in [-0.05, 0) is 12.8 Å². The van der Waals surface area contributed by atoms with Gasteiger partial charge in [-0.15, -0.1) is 0 Å². The summed E-state index contributed by atoms with van der Waals surface area (Å²) in [4.78, 5) is 0. The molecule has 13 heavy (non-hydrogen) atoms. The summed E-state index contributed by atoms with van der Waals surface area (Å²) < 4.78 is 0. The second kappa shape index (κ2) is 6.58. The maximum absolute atomic E-state index is 3.22. The molecule has 0 aromatic rings. The lowest BCUT2D eigenvalue weighted by atomic mass is 10.2. The van der Waals surface area contributed by atoms with Gasteiger partial charge in [-0.2, -0.15) is 0 Å². The number of unbranched alkanes of at least 4 members (excludes halogenated alkanes) is 3. The van der Waals surface area contributed by atoms with Crippen molar-refractivity contribution in [3.05, 3.63) is 24.6 Å². The topological polar surface area (TPSA) is 24.1 Å². The van der Waals surface area contributed by atoms with Crippen molar-refractivity contribution >= 4 is 0 Å². The molecule has 1 aliphatic rings. The predicted molar refractivity (Wildman–Crippen MR) is 57.1 cm³/mol. The van der Waals surface area contributed by atoms with Crippen molar-refractivity contribution in [2.45, 2.75) is 45.2 Å². The van der Waals surface area contributed by atoms with E-state index in [2.05, 4.69) is 29.7 Å². The molecule has 2 heteroatoms. The maximum Gasteiger partial charge on any atom is 0.0991 e. The first kappa shape index (κ1) is 10.2. The monoisotopic (exact) mass is 180 g/mol. The molecule has 2 N–H and O–H groups in total. The Balaban J connectivity index is 1.92. The lowest BCUT2D eigenvalue weighted by Gasteiger charge is -2.08. The van der Waals surface area contributed by atoms with Crippen LogP contribution in [0.25, 0.3) is 0 Å². The molecule has 0 saturated heterocycles. The van der Waals surface area contributed by atoms with Gasteiger partial charge >= 0.3 is 0 Å². The third-order valence-electron chi connectivity index (χ3n) is 2.19. The van der Waals surface area contributed by atoms with Crippen LogP contribution in [0, 0.1) is 0 Å². The molecule has 2 nitrogen and oxygen atoms in total. The third kappa shape index (κ3) is 4.61. The van der Waals surface area contributed by atoms with Gasteiger partial charge in [0.05, 0.1) is 6.17 Å². The molecular formula is C11H20N2. The van der Waals surface area contributed by atoms with Crippen molar-refractivity contribution in [3.8, 4) is 0 Å². The minimum absolute atomic E-state index is 0.419. The van der Waals surface area contributed by atoms with E-state index in [0.29, 0.717) is 6.17 Å². The highest BCUT2D eigenvalue weighted by atomic mass is 15.1. The van der Waals surface area contributed by atoms with Crippen LogP contribution in [-0.2, 0) is 0 Å². The Kier molecular flexibility index (Phi) is 5.14. The van der Waals surface area contributed by atoms with E-state index in [1.807, 2.05) is 12.4 Å². The molecule has 1 heterocycles. The Labute approximate surface area is 81.1 Å². The Bertz CT molecular complexity index is 165. The minimum atomic E-state index is 0.419. The van der Waals surface area contributed by atoms with Gasteiger partial charge in [-0.3, -0.25) is 0 Å². The van der Waals surface area contributed by atoms with Crippen LogP contribution < -0.4 is 10.6 Å². The lowest BCUT2D eigenvalue weighted by molar-refractivity contribution is 0.577. The number of hydrogen-bond acceptors (Lipinski definition) is 2. The highest BCUT2D eigenvalue weighted by Crippen LogP contribution is 2.01. The highest BCUT2D eigenvalue weighted by Gasteiger charge is 2.03. The van der Waals surface area contributed by atoms with Crippen molar-refractivity contribution in [3.63, 3.8) is 0 Å². The van der Waals surface area contributed by atoms with E-state index in [9.17, 15) is 0 Å². The number of nitrogens with one attached hydrogen (secondary N) is 2. The van der Waals surface area contributed by atoms with Crippen LogP contribution in [0.5, 0.6) is 0 Å². The summed E-state index contributed by atoms with van der Waals surface area (Å²) in [6.45, 7) is 2.24. The van der Waals surface area contributed by atoms with Gasteiger partial charge in [0.25, 0.3) is 0 Å². The number of allylic oxidation sites excluding steroid dienone is 1. The molecule has 0 unspecified atom stereocenters. The van der Waals surface area contributed by atoms with E-state index in [0.717, 1.165) is 6.42 Å². The molecule has 0 bridgehead atoms. The first-order chi connectivity index (χ1) is 6.43. The summed E-state index contributed by atoms with van der Waals surface area (Å²) >= 11 is 0. The molecule has 0 aliphatic carbocycles. The van der Waals surface area contributed by atoms with E-state index < -0.39 is 0 Å². The zero-order chi connectivity index (χ0) is 9.36. The van der Waals surface area contributed by atoms with Gasteiger partial charge in [-0.25, -0.2) is 0 Å². The highest BCUT2D eigenvalue weighted by molar-refractivity contribution is 4.95. The largest absolute Gasteiger partial charge is 0.370 e. The summed E-state index contributed by atoms with van der Waals surface area (Å²) in [5, 5.41) is 6.43. The maximum atomic E-state index is 3.22. The van der Waals surface area contributed by atoms with Crippen molar-refractivity contribution in [1.82, 2.24) is 10.6 Å². The molecule has 0 radical (unpaired) electrons. The summed E-state index contributed by atoms with van der Waals surface area (Å²) in [5.41, 5.74) is 0. The molecule has 0 fully saturated rings. The Morgan fingerprint density at radius 3 is 2.62 bits per heavy atom. The van der Waals surface area contributed by atoms with Crippen molar-refractivity contribution in [2.24, 2.45) is 0 Å². The molecule has 0 saturated carbocycles. The first-order valence-electron chi connectivity index (χ1n) is 5.25. The van der Waals surface area contributed by atoms with Crippen LogP contribution in [0.4, 0.5) is 0 Å². The minimum Gasteiger partial charge on any atom is -0.370 e. The van der Waals surface area contributed by atoms with Gasteiger partial charge < -0.3 is 10.6 Å². The number of hydrogen-bond donors (Lipinski definition) is 2. The number of rotatable bonds is 6. The smallest absolute Gasteiger partial charge is 0.0991 e. The molecule has 1 aliphatic heterocycles. The molecule has 0 atom stereocenters. The van der Waals surface area contributed by atoms with E-state index in [-0.39, 0.29) is 0 Å². The normalized spacial score (nSPS) is 16.4. The standard InChI is InChI=1S/C11H20N2/c1-2-3-4-5-6-7-8-11-12-9-10-13-11/h6-7,9-13H,2-5,8H2,1H3/b7-6+. The van der Waals surface area contributed by atoms with Gasteiger partial charge in [0.15, 0.2) is 0 Å². The van der Waals surface area contributed by atoms with Gasteiger partial charge in [0.1, 0.15) is 0 Å². The summed E-state index contributed by atoms with van der Waals surface area (Å²) in [7, 11) is 0. The third-order valence-corrected chi connectivity index (χ3v) is 2.19. The zero-order valence-corrected chi connectivity index (χ0v) is 8.42. The molecule has 0 spiro atoms. The Morgan fingerprint density at radius 2 is 1.92 bits per heavy atom. The van der Waals surface area contributed by atoms with Gasteiger partial charge in [0.2, 0.25) is 0 Å². The van der Waals surface area contributed by atoms with Crippen LogP contribution in [0.1, 0.15) is 39.0 Å². The first-order valence-corrected chi connectivity index (χ1v) is 5.25. The van der Waals surface area contributed by atoms with Crippen LogP contribution in [0.3, 0.4) is 0 Å². The Morgan fingerprint density at radius 1 is 1.15 bits per heavy atom. The zero-order valence-electron chi connectivity index (χ0n) is 8.42. The second-order valence-corrected chi connectivity index (χ2v) is 3.42. The molecule has 1 rings (SSSR count). The van der Waals surface area contributed by atoms with E-state index in [1.165, 1.54) is 25.7 Å². The van der Waals surface area contributed by atoms with Crippen molar-refractivity contribution < 1.29 is 0 Å². The summed E-state index contributed by atoms with van der Waals surface area (Å²) in [5.74, 6) is 0. The van der Waals surface area contributed by atoms with Crippen molar-refractivity contribution in [1.29, 1.82) is 0 Å². The molecule has 0 aromatic carbocycles. The van der Waals surface area contributed by atoms with Crippen LogP contribution >= 0.6 is 0 Å². The lowest BCUT2D eigenvalue weighted by Crippen LogP contribution is -2.29. The summed E-state index contributed by atoms with van der Waals surface area (Å²) in [6, 6.07) is 0. The fourth-order valence-corrected chi connectivity index (χ4v) is 1.38. The summed E-state index contributed by atoms with van der Waals surface area (Å²) in [6.07, 6.45) is 15.2. The fraction of sp³-hybridized carbons (Fsp3) is 0.636. The average Bonchev–Trinajstić information content (AvgIpc) is 2.63. The van der Waals surface area contributed by atoms with E-state index >= 15 is 0 Å². The van der Waals surface area contributed by atoms with Crippen molar-refractivity contribution in [2.75, 3.05) is 0 Å². The second-order valence-electron chi connectivity index (χ2n) is 3.42. The predicted octanol–water partition coefficient (Wildman–Crippen LogP) is 2.50. The fourth-order valence-electron chi connectivity index (χ4n) is 1.38. The molecule has 0 amide bonds. The molecule has 74 valence electrons. The average molecular weight is 180 g/mol. The van der Waals surface area contributed by atoms with Gasteiger partial charge in [-0.1, -0.05) is 31.9 Å². The molecule has 0 aromatic heterocycles. The van der Waals surface area contributed by atoms with E-state index in [4.69, 9.17) is 0 Å². The van der Waals surface area contributed by atoms with Crippen LogP contribution in [0.2, 0.25) is 0 Å². The SMILES string of the molecule is CCCCC/C=C/CC1NC=CN1. The van der Waals surface area contributed by atoms with Crippen LogP contribution in [0.15, 0.2) is 24.6 Å². The van der Waals surface area contributed by atoms with E-state index in [1.54, 1.807) is 0 Å². The quantitative estimate of drug-likeness (QED) is 0.485. The van der Waals surface area contributed by atoms with Gasteiger partial charge in [0, 0.05) is 18.8 Å².